The van der Waals surface area contributed by atoms with Gasteiger partial charge in [-0.25, -0.2) is 9.97 Å². The molecule has 0 fully saturated rings. The van der Waals surface area contributed by atoms with Crippen LogP contribution < -0.4 is 0 Å². The molecule has 17 heavy (non-hydrogen) atoms. The molecule has 0 aliphatic carbocycles. The lowest BCUT2D eigenvalue weighted by Gasteiger charge is -2.06. The summed E-state index contributed by atoms with van der Waals surface area (Å²) < 4.78 is 1.76. The third-order valence-corrected chi connectivity index (χ3v) is 3.14. The minimum atomic E-state index is 0.523. The van der Waals surface area contributed by atoms with Crippen LogP contribution in [0.2, 0.25) is 5.15 Å². The second kappa shape index (κ2) is 4.45. The van der Waals surface area contributed by atoms with Crippen LogP contribution in [0.4, 0.5) is 0 Å². The van der Waals surface area contributed by atoms with Crippen molar-refractivity contribution >= 4 is 11.6 Å². The van der Waals surface area contributed by atoms with Gasteiger partial charge in [0.15, 0.2) is 5.82 Å². The Morgan fingerprint density at radius 3 is 2.53 bits per heavy atom. The van der Waals surface area contributed by atoms with Gasteiger partial charge in [0, 0.05) is 24.5 Å². The molecule has 0 amide bonds. The molecule has 0 saturated heterocycles. The molecule has 2 heterocycles. The first kappa shape index (κ1) is 12.0. The molecule has 0 aliphatic heterocycles. The summed E-state index contributed by atoms with van der Waals surface area (Å²) in [5, 5.41) is 4.81. The molecule has 0 saturated carbocycles. The molecule has 0 unspecified atom stereocenters. The van der Waals surface area contributed by atoms with E-state index in [-0.39, 0.29) is 0 Å². The van der Waals surface area contributed by atoms with Gasteiger partial charge in [-0.1, -0.05) is 18.5 Å². The average molecular weight is 251 g/mol. The van der Waals surface area contributed by atoms with Crippen molar-refractivity contribution in [2.24, 2.45) is 7.05 Å². The quantitative estimate of drug-likeness (QED) is 0.770. The van der Waals surface area contributed by atoms with E-state index in [2.05, 4.69) is 22.0 Å². The highest BCUT2D eigenvalue weighted by molar-refractivity contribution is 6.30. The fourth-order valence-corrected chi connectivity index (χ4v) is 2.01. The van der Waals surface area contributed by atoms with Crippen LogP contribution in [0.25, 0.3) is 11.4 Å². The predicted octanol–water partition coefficient (Wildman–Crippen LogP) is 2.71. The monoisotopic (exact) mass is 250 g/mol. The summed E-state index contributed by atoms with van der Waals surface area (Å²) in [6.07, 6.45) is 2.76. The van der Waals surface area contributed by atoms with Gasteiger partial charge in [-0.2, -0.15) is 5.10 Å². The van der Waals surface area contributed by atoms with Crippen molar-refractivity contribution in [3.8, 4) is 11.4 Å². The number of aromatic nitrogens is 4. The second-order valence-electron chi connectivity index (χ2n) is 4.07. The molecular weight excluding hydrogens is 236 g/mol. The van der Waals surface area contributed by atoms with Crippen LogP contribution in [-0.2, 0) is 13.5 Å². The number of hydrogen-bond donors (Lipinski definition) is 0. The Hall–Kier alpha value is -1.42. The van der Waals surface area contributed by atoms with E-state index in [4.69, 9.17) is 11.6 Å². The third kappa shape index (κ3) is 2.17. The highest BCUT2D eigenvalue weighted by Crippen LogP contribution is 2.23. The number of nitrogens with zero attached hydrogens (tertiary/aromatic N) is 4. The molecule has 0 aliphatic rings. The smallest absolute Gasteiger partial charge is 0.164 e. The van der Waals surface area contributed by atoms with Crippen LogP contribution in [0.15, 0.2) is 6.20 Å². The maximum atomic E-state index is 6.13. The molecule has 0 aromatic carbocycles. The lowest BCUT2D eigenvalue weighted by Crippen LogP contribution is -1.99. The molecule has 0 atom stereocenters. The van der Waals surface area contributed by atoms with E-state index in [1.54, 1.807) is 4.68 Å². The Labute approximate surface area is 106 Å². The van der Waals surface area contributed by atoms with E-state index in [1.807, 2.05) is 27.1 Å². The number of rotatable bonds is 2. The fraction of sp³-hybridized carbons (Fsp3) is 0.417. The van der Waals surface area contributed by atoms with Gasteiger partial charge >= 0.3 is 0 Å². The first-order valence-corrected chi connectivity index (χ1v) is 5.94. The van der Waals surface area contributed by atoms with E-state index in [0.717, 1.165) is 28.9 Å². The van der Waals surface area contributed by atoms with Crippen molar-refractivity contribution in [1.29, 1.82) is 0 Å². The lowest BCUT2D eigenvalue weighted by molar-refractivity contribution is 0.756. The van der Waals surface area contributed by atoms with Gasteiger partial charge in [-0.15, -0.1) is 0 Å². The molecule has 2 rings (SSSR count). The van der Waals surface area contributed by atoms with Crippen molar-refractivity contribution in [2.75, 3.05) is 0 Å². The molecule has 5 heteroatoms. The van der Waals surface area contributed by atoms with Gasteiger partial charge in [0.1, 0.15) is 5.15 Å². The third-order valence-electron chi connectivity index (χ3n) is 2.78. The summed E-state index contributed by atoms with van der Waals surface area (Å²) in [6.45, 7) is 5.95. The van der Waals surface area contributed by atoms with Crippen LogP contribution in [0.1, 0.15) is 23.9 Å². The molecule has 90 valence electrons. The Bertz CT molecular complexity index is 560. The molecular formula is C12H15ClN4. The minimum Gasteiger partial charge on any atom is -0.275 e. The lowest BCUT2D eigenvalue weighted by atomic mass is 10.2. The topological polar surface area (TPSA) is 43.6 Å². The summed E-state index contributed by atoms with van der Waals surface area (Å²) in [7, 11) is 1.88. The van der Waals surface area contributed by atoms with Crippen LogP contribution in [0.5, 0.6) is 0 Å². The van der Waals surface area contributed by atoms with Gasteiger partial charge in [0.05, 0.1) is 11.3 Å². The minimum absolute atomic E-state index is 0.523. The van der Waals surface area contributed by atoms with E-state index in [9.17, 15) is 0 Å². The molecule has 2 aromatic rings. The van der Waals surface area contributed by atoms with Gasteiger partial charge in [0.25, 0.3) is 0 Å². The molecule has 0 N–H and O–H groups in total. The molecule has 0 spiro atoms. The molecule has 2 aromatic heterocycles. The summed E-state index contributed by atoms with van der Waals surface area (Å²) in [5.41, 5.74) is 3.79. The number of aryl methyl sites for hydroxylation is 3. The Morgan fingerprint density at radius 2 is 2.00 bits per heavy atom. The Balaban J connectivity index is 2.60. The van der Waals surface area contributed by atoms with Gasteiger partial charge in [-0.3, -0.25) is 4.68 Å². The fourth-order valence-electron chi connectivity index (χ4n) is 1.82. The second-order valence-corrected chi connectivity index (χ2v) is 4.42. The Morgan fingerprint density at radius 1 is 1.29 bits per heavy atom. The SMILES string of the molecule is CCc1nc(-c2cn(C)nc2C)nc(Cl)c1C. The van der Waals surface area contributed by atoms with Crippen LogP contribution in [0.3, 0.4) is 0 Å². The standard InChI is InChI=1S/C12H15ClN4/c1-5-10-7(2)11(13)15-12(14-10)9-6-17(4)16-8(9)3/h6H,5H2,1-4H3. The van der Waals surface area contributed by atoms with Crippen LogP contribution >= 0.6 is 11.6 Å². The van der Waals surface area contributed by atoms with Crippen molar-refractivity contribution in [1.82, 2.24) is 19.7 Å². The zero-order valence-corrected chi connectivity index (χ0v) is 11.2. The first-order valence-electron chi connectivity index (χ1n) is 5.56. The van der Waals surface area contributed by atoms with Gasteiger partial charge < -0.3 is 0 Å². The highest BCUT2D eigenvalue weighted by atomic mass is 35.5. The van der Waals surface area contributed by atoms with E-state index < -0.39 is 0 Å². The largest absolute Gasteiger partial charge is 0.275 e. The van der Waals surface area contributed by atoms with Crippen LogP contribution in [0, 0.1) is 13.8 Å². The van der Waals surface area contributed by atoms with Gasteiger partial charge in [-0.05, 0) is 20.3 Å². The number of halogens is 1. The van der Waals surface area contributed by atoms with Gasteiger partial charge in [0.2, 0.25) is 0 Å². The van der Waals surface area contributed by atoms with Crippen molar-refractivity contribution in [3.63, 3.8) is 0 Å². The van der Waals surface area contributed by atoms with E-state index >= 15 is 0 Å². The Kier molecular flexibility index (Phi) is 3.15. The predicted molar refractivity (Wildman–Crippen MR) is 68.1 cm³/mol. The summed E-state index contributed by atoms with van der Waals surface area (Å²) in [5.74, 6) is 0.656. The number of hydrogen-bond acceptors (Lipinski definition) is 3. The van der Waals surface area contributed by atoms with Crippen molar-refractivity contribution in [2.45, 2.75) is 27.2 Å². The molecule has 4 nitrogen and oxygen atoms in total. The van der Waals surface area contributed by atoms with E-state index in [1.165, 1.54) is 0 Å². The van der Waals surface area contributed by atoms with E-state index in [0.29, 0.717) is 11.0 Å². The highest BCUT2D eigenvalue weighted by Gasteiger charge is 2.13. The van der Waals surface area contributed by atoms with Crippen molar-refractivity contribution < 1.29 is 0 Å². The zero-order valence-electron chi connectivity index (χ0n) is 10.5. The summed E-state index contributed by atoms with van der Waals surface area (Å²) in [6, 6.07) is 0. The summed E-state index contributed by atoms with van der Waals surface area (Å²) in [4.78, 5) is 8.87. The molecule has 0 radical (unpaired) electrons. The van der Waals surface area contributed by atoms with Crippen molar-refractivity contribution in [3.05, 3.63) is 28.3 Å². The average Bonchev–Trinajstić information content (AvgIpc) is 2.61. The maximum Gasteiger partial charge on any atom is 0.164 e. The normalized spacial score (nSPS) is 10.9. The molecule has 0 bridgehead atoms. The maximum absolute atomic E-state index is 6.13. The van der Waals surface area contributed by atoms with Crippen LogP contribution in [-0.4, -0.2) is 19.7 Å². The summed E-state index contributed by atoms with van der Waals surface area (Å²) >= 11 is 6.13. The zero-order chi connectivity index (χ0) is 12.6. The first-order chi connectivity index (χ1) is 8.02.